The molecule has 19 heavy (non-hydrogen) atoms. The van der Waals surface area contributed by atoms with Gasteiger partial charge in [0.1, 0.15) is 17.1 Å². The summed E-state index contributed by atoms with van der Waals surface area (Å²) < 4.78 is 18.0. The maximum absolute atomic E-state index is 12.9. The van der Waals surface area contributed by atoms with E-state index in [0.717, 1.165) is 5.56 Å². The van der Waals surface area contributed by atoms with E-state index in [9.17, 15) is 9.50 Å². The minimum absolute atomic E-state index is 0.287. The summed E-state index contributed by atoms with van der Waals surface area (Å²) in [7, 11) is 1.47. The Hall–Kier alpha value is -2.01. The van der Waals surface area contributed by atoms with Crippen molar-refractivity contribution in [3.8, 4) is 5.88 Å². The number of hydrogen-bond donors (Lipinski definition) is 1. The van der Waals surface area contributed by atoms with Gasteiger partial charge in [0, 0.05) is 18.8 Å². The standard InChI is InChI=1S/C14H15FN2O2/c1-14(18,9-10-3-5-11(15)6-4-10)12-13(19-2)17-8-7-16-12/h3-8,18H,9H2,1-2H3. The lowest BCUT2D eigenvalue weighted by Gasteiger charge is -2.23. The molecule has 0 amide bonds. The Kier molecular flexibility index (Phi) is 3.76. The molecule has 1 unspecified atom stereocenters. The maximum atomic E-state index is 12.9. The topological polar surface area (TPSA) is 55.2 Å². The van der Waals surface area contributed by atoms with Gasteiger partial charge in [-0.1, -0.05) is 12.1 Å². The molecule has 1 aromatic heterocycles. The molecule has 1 atom stereocenters. The van der Waals surface area contributed by atoms with Crippen LogP contribution in [-0.2, 0) is 12.0 Å². The summed E-state index contributed by atoms with van der Waals surface area (Å²) in [5.41, 5.74) is -0.0711. The summed E-state index contributed by atoms with van der Waals surface area (Å²) in [6.07, 6.45) is 3.29. The lowest BCUT2D eigenvalue weighted by molar-refractivity contribution is 0.0494. The Morgan fingerprint density at radius 3 is 2.47 bits per heavy atom. The van der Waals surface area contributed by atoms with Crippen molar-refractivity contribution in [2.24, 2.45) is 0 Å². The lowest BCUT2D eigenvalue weighted by atomic mass is 9.93. The Balaban J connectivity index is 2.29. The average molecular weight is 262 g/mol. The first-order valence-corrected chi connectivity index (χ1v) is 5.85. The zero-order chi connectivity index (χ0) is 13.9. The first-order chi connectivity index (χ1) is 9.03. The third-order valence-electron chi connectivity index (χ3n) is 2.83. The Labute approximate surface area is 110 Å². The molecule has 0 fully saturated rings. The number of aliphatic hydroxyl groups is 1. The van der Waals surface area contributed by atoms with Crippen LogP contribution >= 0.6 is 0 Å². The Bertz CT molecular complexity index is 556. The molecule has 0 aliphatic carbocycles. The monoisotopic (exact) mass is 262 g/mol. The number of halogens is 1. The van der Waals surface area contributed by atoms with Gasteiger partial charge in [-0.05, 0) is 24.6 Å². The second kappa shape index (κ2) is 5.32. The van der Waals surface area contributed by atoms with Crippen molar-refractivity contribution in [1.82, 2.24) is 9.97 Å². The maximum Gasteiger partial charge on any atom is 0.238 e. The first-order valence-electron chi connectivity index (χ1n) is 5.85. The molecule has 0 bridgehead atoms. The van der Waals surface area contributed by atoms with E-state index in [1.807, 2.05) is 0 Å². The number of aromatic nitrogens is 2. The molecule has 0 spiro atoms. The molecule has 1 aromatic carbocycles. The van der Waals surface area contributed by atoms with Gasteiger partial charge >= 0.3 is 0 Å². The molecule has 100 valence electrons. The Morgan fingerprint density at radius 2 is 1.84 bits per heavy atom. The predicted molar refractivity (Wildman–Crippen MR) is 68.3 cm³/mol. The quantitative estimate of drug-likeness (QED) is 0.916. The number of benzene rings is 1. The van der Waals surface area contributed by atoms with Crippen molar-refractivity contribution < 1.29 is 14.2 Å². The number of rotatable bonds is 4. The van der Waals surface area contributed by atoms with Gasteiger partial charge in [0.25, 0.3) is 0 Å². The summed E-state index contributed by atoms with van der Waals surface area (Å²) in [5.74, 6) is -0.0184. The summed E-state index contributed by atoms with van der Waals surface area (Å²) >= 11 is 0. The minimum atomic E-state index is -1.24. The highest BCUT2D eigenvalue weighted by Gasteiger charge is 2.29. The van der Waals surface area contributed by atoms with Crippen molar-refractivity contribution in [1.29, 1.82) is 0 Å². The van der Waals surface area contributed by atoms with Crippen LogP contribution in [0.3, 0.4) is 0 Å². The molecule has 4 nitrogen and oxygen atoms in total. The van der Waals surface area contributed by atoms with E-state index in [-0.39, 0.29) is 11.7 Å². The highest BCUT2D eigenvalue weighted by molar-refractivity contribution is 5.27. The molecule has 0 saturated carbocycles. The first kappa shape index (κ1) is 13.4. The van der Waals surface area contributed by atoms with Gasteiger partial charge in [-0.3, -0.25) is 4.98 Å². The highest BCUT2D eigenvalue weighted by atomic mass is 19.1. The van der Waals surface area contributed by atoms with Crippen LogP contribution in [0, 0.1) is 5.82 Å². The average Bonchev–Trinajstić information content (AvgIpc) is 2.41. The van der Waals surface area contributed by atoms with Crippen molar-refractivity contribution in [3.05, 3.63) is 53.7 Å². The highest BCUT2D eigenvalue weighted by Crippen LogP contribution is 2.29. The van der Waals surface area contributed by atoms with Gasteiger partial charge in [0.2, 0.25) is 5.88 Å². The molecule has 0 aliphatic heterocycles. The second-order valence-corrected chi connectivity index (χ2v) is 4.49. The van der Waals surface area contributed by atoms with E-state index < -0.39 is 5.60 Å². The zero-order valence-electron chi connectivity index (χ0n) is 10.8. The van der Waals surface area contributed by atoms with Crippen LogP contribution in [-0.4, -0.2) is 22.2 Å². The van der Waals surface area contributed by atoms with Gasteiger partial charge in [-0.25, -0.2) is 9.37 Å². The third kappa shape index (κ3) is 3.06. The van der Waals surface area contributed by atoms with E-state index in [4.69, 9.17) is 4.74 Å². The van der Waals surface area contributed by atoms with Crippen molar-refractivity contribution in [2.75, 3.05) is 7.11 Å². The van der Waals surface area contributed by atoms with Crippen LogP contribution in [0.4, 0.5) is 4.39 Å². The van der Waals surface area contributed by atoms with Gasteiger partial charge in [-0.15, -0.1) is 0 Å². The summed E-state index contributed by atoms with van der Waals surface area (Å²) in [5, 5.41) is 10.5. The summed E-state index contributed by atoms with van der Waals surface area (Å²) in [6.45, 7) is 1.63. The van der Waals surface area contributed by atoms with Crippen molar-refractivity contribution >= 4 is 0 Å². The van der Waals surface area contributed by atoms with Crippen LogP contribution in [0.1, 0.15) is 18.2 Å². The van der Waals surface area contributed by atoms with Gasteiger partial charge in [0.05, 0.1) is 7.11 Å². The van der Waals surface area contributed by atoms with Crippen LogP contribution < -0.4 is 4.74 Å². The normalized spacial score (nSPS) is 13.9. The molecular weight excluding hydrogens is 247 g/mol. The fourth-order valence-corrected chi connectivity index (χ4v) is 1.93. The molecule has 1 heterocycles. The lowest BCUT2D eigenvalue weighted by Crippen LogP contribution is -2.26. The molecule has 1 N–H and O–H groups in total. The number of hydrogen-bond acceptors (Lipinski definition) is 4. The molecule has 0 aliphatic rings. The summed E-state index contributed by atoms with van der Waals surface area (Å²) in [6, 6.07) is 5.98. The number of ether oxygens (including phenoxy) is 1. The second-order valence-electron chi connectivity index (χ2n) is 4.49. The zero-order valence-corrected chi connectivity index (χ0v) is 10.8. The van der Waals surface area contributed by atoms with E-state index in [1.165, 1.54) is 31.6 Å². The number of nitrogens with zero attached hydrogens (tertiary/aromatic N) is 2. The fourth-order valence-electron chi connectivity index (χ4n) is 1.93. The van der Waals surface area contributed by atoms with E-state index in [2.05, 4.69) is 9.97 Å². The SMILES string of the molecule is COc1nccnc1C(C)(O)Cc1ccc(F)cc1. The smallest absolute Gasteiger partial charge is 0.238 e. The summed E-state index contributed by atoms with van der Waals surface area (Å²) in [4.78, 5) is 8.14. The third-order valence-corrected chi connectivity index (χ3v) is 2.83. The van der Waals surface area contributed by atoms with Crippen LogP contribution in [0.5, 0.6) is 5.88 Å². The minimum Gasteiger partial charge on any atom is -0.480 e. The molecule has 2 rings (SSSR count). The van der Waals surface area contributed by atoms with Crippen molar-refractivity contribution in [3.63, 3.8) is 0 Å². The molecule has 0 saturated heterocycles. The van der Waals surface area contributed by atoms with Crippen LogP contribution in [0.15, 0.2) is 36.7 Å². The largest absolute Gasteiger partial charge is 0.480 e. The predicted octanol–water partition coefficient (Wildman–Crippen LogP) is 2.07. The van der Waals surface area contributed by atoms with Gasteiger partial charge in [0.15, 0.2) is 0 Å². The molecule has 5 heteroatoms. The van der Waals surface area contributed by atoms with Gasteiger partial charge < -0.3 is 9.84 Å². The van der Waals surface area contributed by atoms with E-state index in [1.54, 1.807) is 19.1 Å². The molecule has 2 aromatic rings. The van der Waals surface area contributed by atoms with E-state index >= 15 is 0 Å². The van der Waals surface area contributed by atoms with Gasteiger partial charge in [-0.2, -0.15) is 0 Å². The van der Waals surface area contributed by atoms with E-state index in [0.29, 0.717) is 12.1 Å². The van der Waals surface area contributed by atoms with Crippen LogP contribution in [0.2, 0.25) is 0 Å². The fraction of sp³-hybridized carbons (Fsp3) is 0.286. The van der Waals surface area contributed by atoms with Crippen molar-refractivity contribution in [2.45, 2.75) is 18.9 Å². The number of methoxy groups -OCH3 is 1. The Morgan fingerprint density at radius 1 is 1.21 bits per heavy atom. The molecular formula is C14H15FN2O2. The van der Waals surface area contributed by atoms with Crippen LogP contribution in [0.25, 0.3) is 0 Å². The molecule has 0 radical (unpaired) electrons.